The van der Waals surface area contributed by atoms with Crippen molar-refractivity contribution in [3.05, 3.63) is 146 Å². The first-order chi connectivity index (χ1) is 51.7. The molecule has 0 bridgehead atoms. The number of phosphoric ester groups is 2. The number of aliphatic hydroxyl groups is 1. The zero-order chi connectivity index (χ0) is 77.4. The van der Waals surface area contributed by atoms with Gasteiger partial charge in [-0.05, 0) is 128 Å². The lowest BCUT2D eigenvalue weighted by Crippen LogP contribution is -2.30. The second kappa shape index (κ2) is 78.1. The summed E-state index contributed by atoms with van der Waals surface area (Å²) >= 11 is 0. The van der Waals surface area contributed by atoms with Gasteiger partial charge in [0.1, 0.15) is 19.3 Å². The van der Waals surface area contributed by atoms with E-state index in [-0.39, 0.29) is 25.7 Å². The van der Waals surface area contributed by atoms with E-state index >= 15 is 0 Å². The monoisotopic (exact) mass is 1530 g/mol. The lowest BCUT2D eigenvalue weighted by atomic mass is 10.0. The average molecular weight is 1530 g/mol. The average Bonchev–Trinajstić information content (AvgIpc) is 0.902. The molecule has 0 saturated heterocycles. The lowest BCUT2D eigenvalue weighted by Gasteiger charge is -2.21. The van der Waals surface area contributed by atoms with E-state index in [0.717, 1.165) is 161 Å². The first kappa shape index (κ1) is 101. The summed E-state index contributed by atoms with van der Waals surface area (Å²) in [6, 6.07) is 0. The highest BCUT2D eigenvalue weighted by Gasteiger charge is 2.30. The summed E-state index contributed by atoms with van der Waals surface area (Å²) in [5.74, 6) is -2.36. The Bertz CT molecular complexity index is 2580. The quantitative estimate of drug-likeness (QED) is 0.0169. The maximum Gasteiger partial charge on any atom is 0.472 e. The predicted octanol–water partition coefficient (Wildman–Crippen LogP) is 24.2. The Labute approximate surface area is 643 Å². The molecule has 0 aliphatic carbocycles. The third-order valence-electron chi connectivity index (χ3n) is 16.8. The lowest BCUT2D eigenvalue weighted by molar-refractivity contribution is -0.161. The number of aliphatic hydroxyl groups excluding tert-OH is 1. The van der Waals surface area contributed by atoms with E-state index in [1.807, 2.05) is 12.2 Å². The predicted molar refractivity (Wildman–Crippen MR) is 436 cm³/mol. The Balaban J connectivity index is 5.45. The van der Waals surface area contributed by atoms with Crippen molar-refractivity contribution in [3.8, 4) is 0 Å². The fourth-order valence-electron chi connectivity index (χ4n) is 10.6. The minimum Gasteiger partial charge on any atom is -0.462 e. The molecule has 3 N–H and O–H groups in total. The molecule has 0 aromatic carbocycles. The van der Waals surface area contributed by atoms with Crippen LogP contribution in [0.5, 0.6) is 0 Å². The van der Waals surface area contributed by atoms with Crippen LogP contribution in [-0.4, -0.2) is 96.7 Å². The van der Waals surface area contributed by atoms with Gasteiger partial charge in [0.15, 0.2) is 12.2 Å². The van der Waals surface area contributed by atoms with Gasteiger partial charge in [-0.3, -0.25) is 37.3 Å². The number of carbonyl (C=O) groups excluding carboxylic acids is 4. The molecule has 606 valence electrons. The molecule has 0 aromatic rings. The van der Waals surface area contributed by atoms with E-state index in [1.165, 1.54) is 83.5 Å². The number of carbonyl (C=O) groups is 4. The van der Waals surface area contributed by atoms with Crippen LogP contribution >= 0.6 is 15.6 Å². The number of ether oxygens (including phenoxy) is 4. The van der Waals surface area contributed by atoms with Gasteiger partial charge in [-0.2, -0.15) is 0 Å². The SMILES string of the molecule is CC/C=C\C/C=C\C/C=C\C/C=C\C/C=C\CC(=O)OC(COC(=O)CCCCCCCC/C=C\C/C=C\C/C=C\CCCCC)COP(=O)(O)OCC(O)COP(=O)(O)OCC(COC(=O)CCCCCC/C=C\C/C=C\C/C=C\C/C=C\CC)OC(=O)CCCCCCCCCCCCCCCCC. The van der Waals surface area contributed by atoms with Crippen LogP contribution in [0.3, 0.4) is 0 Å². The maximum absolute atomic E-state index is 13.1. The first-order valence-electron chi connectivity index (χ1n) is 41.1. The smallest absolute Gasteiger partial charge is 0.462 e. The zero-order valence-electron chi connectivity index (χ0n) is 66.3. The molecule has 0 aliphatic rings. The van der Waals surface area contributed by atoms with Crippen molar-refractivity contribution in [2.24, 2.45) is 0 Å². The largest absolute Gasteiger partial charge is 0.472 e. The minimum absolute atomic E-state index is 0.0865. The Morgan fingerprint density at radius 2 is 0.528 bits per heavy atom. The van der Waals surface area contributed by atoms with Crippen molar-refractivity contribution in [1.29, 1.82) is 0 Å². The van der Waals surface area contributed by atoms with Gasteiger partial charge in [0.05, 0.1) is 32.8 Å². The number of phosphoric acid groups is 2. The fourth-order valence-corrected chi connectivity index (χ4v) is 12.2. The second-order valence-corrected chi connectivity index (χ2v) is 29.9. The van der Waals surface area contributed by atoms with E-state index in [2.05, 4.69) is 149 Å². The van der Waals surface area contributed by atoms with Gasteiger partial charge in [-0.15, -0.1) is 0 Å². The van der Waals surface area contributed by atoms with Gasteiger partial charge in [-0.25, -0.2) is 9.13 Å². The highest BCUT2D eigenvalue weighted by Crippen LogP contribution is 2.45. The third-order valence-corrected chi connectivity index (χ3v) is 18.7. The Morgan fingerprint density at radius 3 is 0.858 bits per heavy atom. The van der Waals surface area contributed by atoms with Crippen molar-refractivity contribution in [1.82, 2.24) is 0 Å². The van der Waals surface area contributed by atoms with E-state index in [9.17, 15) is 43.2 Å². The van der Waals surface area contributed by atoms with Crippen molar-refractivity contribution >= 4 is 39.5 Å². The van der Waals surface area contributed by atoms with Crippen molar-refractivity contribution in [2.75, 3.05) is 39.6 Å². The molecule has 17 nitrogen and oxygen atoms in total. The number of allylic oxidation sites excluding steroid dienone is 23. The Kier molecular flexibility index (Phi) is 74.3. The maximum atomic E-state index is 13.1. The van der Waals surface area contributed by atoms with E-state index < -0.39 is 97.5 Å². The third kappa shape index (κ3) is 77.1. The molecule has 106 heavy (non-hydrogen) atoms. The highest BCUT2D eigenvalue weighted by atomic mass is 31.2. The van der Waals surface area contributed by atoms with Gasteiger partial charge in [0.25, 0.3) is 0 Å². The molecule has 0 amide bonds. The van der Waals surface area contributed by atoms with Gasteiger partial charge in [0, 0.05) is 19.3 Å². The first-order valence-corrected chi connectivity index (χ1v) is 44.1. The van der Waals surface area contributed by atoms with Crippen LogP contribution in [0.15, 0.2) is 146 Å². The Morgan fingerprint density at radius 1 is 0.283 bits per heavy atom. The van der Waals surface area contributed by atoms with Crippen LogP contribution in [0.1, 0.15) is 323 Å². The summed E-state index contributed by atoms with van der Waals surface area (Å²) in [7, 11) is -10.0. The van der Waals surface area contributed by atoms with E-state index in [1.54, 1.807) is 12.2 Å². The molecule has 0 heterocycles. The number of hydrogen-bond donors (Lipinski definition) is 3. The number of unbranched alkanes of at least 4 members (excludes halogenated alkanes) is 27. The summed E-state index contributed by atoms with van der Waals surface area (Å²) in [6.07, 6.45) is 89.9. The molecule has 0 aliphatic heterocycles. The number of hydrogen-bond acceptors (Lipinski definition) is 15. The molecule has 0 radical (unpaired) electrons. The van der Waals surface area contributed by atoms with Gasteiger partial charge < -0.3 is 33.8 Å². The molecule has 19 heteroatoms. The summed E-state index contributed by atoms with van der Waals surface area (Å²) in [4.78, 5) is 73.1. The van der Waals surface area contributed by atoms with Crippen LogP contribution in [0.25, 0.3) is 0 Å². The van der Waals surface area contributed by atoms with Crippen LogP contribution in [-0.2, 0) is 65.4 Å². The number of esters is 4. The fraction of sp³-hybridized carbons (Fsp3) is 0.678. The number of rotatable bonds is 76. The molecule has 0 saturated carbocycles. The standard InChI is InChI=1S/C87H146O17P2/c1-5-9-13-17-21-25-29-33-37-39-40-42-46-48-52-56-60-64-68-72-85(90)98-78-83(104-87(92)74-70-66-62-58-54-50-44-36-32-28-24-20-16-12-8-4)80-102-106(95,96)100-76-81(88)75-99-105(93,94)101-79-82(103-86(91)73-69-65-61-57-53-49-43-35-31-27-23-19-15-11-7-3)77-97-84(89)71-67-63-59-55-51-47-45-41-38-34-30-26-22-18-14-10-6-2/h10,12,14,16,21-22,24-26,28,33-34,36-38,40,42,44-45,47,54,58,66,70,81-83,88H,5-9,11,13,15,17-20,23,27,29-32,35,39,41,43,46,48-53,55-57,59-65,67-69,71-80H2,1-4H3,(H,93,94)(H,95,96)/b14-10-,16-12-,25-21-,26-22-,28-24-,37-33-,38-34-,42-40-,44-36-,47-45-,58-54-,70-66-. The van der Waals surface area contributed by atoms with Crippen molar-refractivity contribution < 1.29 is 80.2 Å². The Hall–Kier alpha value is -5.06. The van der Waals surface area contributed by atoms with Crippen LogP contribution in [0.4, 0.5) is 0 Å². The van der Waals surface area contributed by atoms with Gasteiger partial charge >= 0.3 is 39.5 Å². The molecule has 5 unspecified atom stereocenters. The van der Waals surface area contributed by atoms with Gasteiger partial charge in [-0.1, -0.05) is 315 Å². The highest BCUT2D eigenvalue weighted by molar-refractivity contribution is 7.47. The van der Waals surface area contributed by atoms with Crippen LogP contribution in [0, 0.1) is 0 Å². The topological polar surface area (TPSA) is 237 Å². The summed E-state index contributed by atoms with van der Waals surface area (Å²) in [5.41, 5.74) is 0. The molecule has 5 atom stereocenters. The molecular formula is C87H146O17P2. The van der Waals surface area contributed by atoms with Crippen LogP contribution < -0.4 is 0 Å². The summed E-state index contributed by atoms with van der Waals surface area (Å²) in [5, 5.41) is 10.7. The normalized spacial score (nSPS) is 14.6. The van der Waals surface area contributed by atoms with Crippen molar-refractivity contribution in [3.63, 3.8) is 0 Å². The van der Waals surface area contributed by atoms with Crippen molar-refractivity contribution in [2.45, 2.75) is 341 Å². The minimum atomic E-state index is -5.01. The molecular weight excluding hydrogens is 1380 g/mol. The van der Waals surface area contributed by atoms with Crippen LogP contribution in [0.2, 0.25) is 0 Å². The summed E-state index contributed by atoms with van der Waals surface area (Å²) < 4.78 is 68.5. The zero-order valence-corrected chi connectivity index (χ0v) is 68.1. The molecule has 0 rings (SSSR count). The molecule has 0 aromatic heterocycles. The molecule has 0 fully saturated rings. The second-order valence-electron chi connectivity index (χ2n) is 27.0. The van der Waals surface area contributed by atoms with E-state index in [4.69, 9.17) is 37.0 Å². The molecule has 0 spiro atoms. The summed E-state index contributed by atoms with van der Waals surface area (Å²) in [6.45, 7) is 4.49. The van der Waals surface area contributed by atoms with Gasteiger partial charge in [0.2, 0.25) is 0 Å². The van der Waals surface area contributed by atoms with E-state index in [0.29, 0.717) is 25.7 Å².